The molecular formula is C19H23N5. The van der Waals surface area contributed by atoms with Crippen molar-refractivity contribution in [1.29, 1.82) is 0 Å². The van der Waals surface area contributed by atoms with E-state index in [9.17, 15) is 0 Å². The Morgan fingerprint density at radius 2 is 1.67 bits per heavy atom. The smallest absolute Gasteiger partial charge is 0.181 e. The highest BCUT2D eigenvalue weighted by Crippen LogP contribution is 2.30. The van der Waals surface area contributed by atoms with Crippen molar-refractivity contribution < 1.29 is 0 Å². The van der Waals surface area contributed by atoms with Gasteiger partial charge in [-0.3, -0.25) is 0 Å². The molecule has 1 N–H and O–H groups in total. The van der Waals surface area contributed by atoms with Crippen LogP contribution >= 0.6 is 0 Å². The van der Waals surface area contributed by atoms with Gasteiger partial charge in [0.1, 0.15) is 0 Å². The van der Waals surface area contributed by atoms with Crippen LogP contribution in [0.3, 0.4) is 0 Å². The number of rotatable bonds is 5. The predicted molar refractivity (Wildman–Crippen MR) is 96.3 cm³/mol. The third-order valence-corrected chi connectivity index (χ3v) is 4.52. The first-order chi connectivity index (χ1) is 11.5. The minimum Gasteiger partial charge on any atom is -0.373 e. The fourth-order valence-corrected chi connectivity index (χ4v) is 2.96. The standard InChI is InChI=1S/C19H23N5/c1-5-19(4,20-16-12-7-6-8-13-16)18-21-22-23-24(18)17-14(2)10-9-11-15(17)3/h6-13,20H,5H2,1-4H3. The molecule has 2 aromatic carbocycles. The zero-order valence-corrected chi connectivity index (χ0v) is 14.6. The number of para-hydroxylation sites is 2. The number of nitrogens with one attached hydrogen (secondary N) is 1. The van der Waals surface area contributed by atoms with Crippen molar-refractivity contribution in [2.24, 2.45) is 0 Å². The van der Waals surface area contributed by atoms with Crippen LogP contribution in [0.5, 0.6) is 0 Å². The van der Waals surface area contributed by atoms with Crippen molar-refractivity contribution in [3.05, 3.63) is 65.5 Å². The van der Waals surface area contributed by atoms with Gasteiger partial charge in [-0.1, -0.05) is 43.3 Å². The summed E-state index contributed by atoms with van der Waals surface area (Å²) in [6.07, 6.45) is 0.854. The van der Waals surface area contributed by atoms with Gasteiger partial charge in [-0.05, 0) is 60.9 Å². The Bertz CT molecular complexity index is 805. The Labute approximate surface area is 142 Å². The number of aryl methyl sites for hydroxylation is 2. The summed E-state index contributed by atoms with van der Waals surface area (Å²) in [4.78, 5) is 0. The summed E-state index contributed by atoms with van der Waals surface area (Å²) in [5.41, 5.74) is 4.04. The van der Waals surface area contributed by atoms with E-state index in [2.05, 4.69) is 78.9 Å². The molecule has 0 aliphatic heterocycles. The van der Waals surface area contributed by atoms with Gasteiger partial charge >= 0.3 is 0 Å². The summed E-state index contributed by atoms with van der Waals surface area (Å²) >= 11 is 0. The SMILES string of the molecule is CCC(C)(Nc1ccccc1)c1nnnn1-c1c(C)cccc1C. The van der Waals surface area contributed by atoms with Crippen LogP contribution in [0.1, 0.15) is 37.2 Å². The van der Waals surface area contributed by atoms with E-state index in [4.69, 9.17) is 0 Å². The number of anilines is 1. The number of hydrogen-bond acceptors (Lipinski definition) is 4. The Balaban J connectivity index is 2.08. The van der Waals surface area contributed by atoms with Gasteiger partial charge in [0.25, 0.3) is 0 Å². The number of benzene rings is 2. The molecule has 0 bridgehead atoms. The molecule has 1 atom stereocenters. The van der Waals surface area contributed by atoms with Crippen molar-refractivity contribution in [2.45, 2.75) is 39.7 Å². The second-order valence-corrected chi connectivity index (χ2v) is 6.33. The Hall–Kier alpha value is -2.69. The molecule has 1 aromatic heterocycles. The van der Waals surface area contributed by atoms with Crippen LogP contribution in [0.15, 0.2) is 48.5 Å². The van der Waals surface area contributed by atoms with E-state index < -0.39 is 0 Å². The first-order valence-corrected chi connectivity index (χ1v) is 8.24. The van der Waals surface area contributed by atoms with Gasteiger partial charge in [-0.15, -0.1) is 5.10 Å². The molecule has 24 heavy (non-hydrogen) atoms. The summed E-state index contributed by atoms with van der Waals surface area (Å²) in [5.74, 6) is 0.811. The highest BCUT2D eigenvalue weighted by atomic mass is 15.6. The third-order valence-electron chi connectivity index (χ3n) is 4.52. The molecule has 124 valence electrons. The summed E-state index contributed by atoms with van der Waals surface area (Å²) in [6, 6.07) is 16.4. The lowest BCUT2D eigenvalue weighted by Crippen LogP contribution is -2.34. The van der Waals surface area contributed by atoms with Crippen LogP contribution in [0.2, 0.25) is 0 Å². The van der Waals surface area contributed by atoms with E-state index in [0.29, 0.717) is 0 Å². The largest absolute Gasteiger partial charge is 0.373 e. The van der Waals surface area contributed by atoms with Crippen LogP contribution in [0.25, 0.3) is 5.69 Å². The minimum absolute atomic E-state index is 0.375. The Kier molecular flexibility index (Phi) is 4.34. The van der Waals surface area contributed by atoms with Gasteiger partial charge in [0.2, 0.25) is 0 Å². The van der Waals surface area contributed by atoms with E-state index >= 15 is 0 Å². The summed E-state index contributed by atoms with van der Waals surface area (Å²) in [6.45, 7) is 8.44. The van der Waals surface area contributed by atoms with Gasteiger partial charge in [0.05, 0.1) is 11.2 Å². The molecule has 0 amide bonds. The molecule has 0 fully saturated rings. The Morgan fingerprint density at radius 3 is 2.29 bits per heavy atom. The van der Waals surface area contributed by atoms with Crippen LogP contribution in [-0.4, -0.2) is 20.2 Å². The van der Waals surface area contributed by atoms with Gasteiger partial charge < -0.3 is 5.32 Å². The first-order valence-electron chi connectivity index (χ1n) is 8.24. The molecule has 0 spiro atoms. The average Bonchev–Trinajstić information content (AvgIpc) is 3.05. The van der Waals surface area contributed by atoms with Crippen molar-refractivity contribution in [2.75, 3.05) is 5.32 Å². The fourth-order valence-electron chi connectivity index (χ4n) is 2.96. The monoisotopic (exact) mass is 321 g/mol. The quantitative estimate of drug-likeness (QED) is 0.771. The van der Waals surface area contributed by atoms with Gasteiger partial charge in [0.15, 0.2) is 5.82 Å². The summed E-state index contributed by atoms with van der Waals surface area (Å²) in [5, 5.41) is 16.2. The molecule has 1 heterocycles. The molecule has 5 heteroatoms. The summed E-state index contributed by atoms with van der Waals surface area (Å²) < 4.78 is 1.87. The number of aromatic nitrogens is 4. The van der Waals surface area contributed by atoms with E-state index in [-0.39, 0.29) is 5.54 Å². The second kappa shape index (κ2) is 6.43. The highest BCUT2D eigenvalue weighted by Gasteiger charge is 2.32. The average molecular weight is 321 g/mol. The highest BCUT2D eigenvalue weighted by molar-refractivity contribution is 5.49. The zero-order chi connectivity index (χ0) is 17.2. The number of nitrogens with zero attached hydrogens (tertiary/aromatic N) is 4. The molecular weight excluding hydrogens is 298 g/mol. The van der Waals surface area contributed by atoms with E-state index in [1.165, 1.54) is 0 Å². The molecule has 5 nitrogen and oxygen atoms in total. The molecule has 3 rings (SSSR count). The molecule has 0 aliphatic carbocycles. The van der Waals surface area contributed by atoms with Crippen molar-refractivity contribution in [1.82, 2.24) is 20.2 Å². The molecule has 0 saturated heterocycles. The molecule has 1 unspecified atom stereocenters. The van der Waals surface area contributed by atoms with E-state index in [1.54, 1.807) is 0 Å². The van der Waals surface area contributed by atoms with Crippen molar-refractivity contribution in [3.8, 4) is 5.69 Å². The maximum absolute atomic E-state index is 4.35. The van der Waals surface area contributed by atoms with Crippen LogP contribution in [0.4, 0.5) is 5.69 Å². The topological polar surface area (TPSA) is 55.6 Å². The molecule has 0 aliphatic rings. The maximum Gasteiger partial charge on any atom is 0.181 e. The normalized spacial score (nSPS) is 13.5. The van der Waals surface area contributed by atoms with E-state index in [0.717, 1.165) is 34.7 Å². The van der Waals surface area contributed by atoms with Crippen LogP contribution in [0, 0.1) is 13.8 Å². The lowest BCUT2D eigenvalue weighted by molar-refractivity contribution is 0.474. The molecule has 3 aromatic rings. The molecule has 0 radical (unpaired) electrons. The van der Waals surface area contributed by atoms with Gasteiger partial charge in [0, 0.05) is 5.69 Å². The first kappa shape index (κ1) is 16.2. The maximum atomic E-state index is 4.35. The van der Waals surface area contributed by atoms with Gasteiger partial charge in [-0.25, -0.2) is 0 Å². The number of hydrogen-bond donors (Lipinski definition) is 1. The summed E-state index contributed by atoms with van der Waals surface area (Å²) in [7, 11) is 0. The van der Waals surface area contributed by atoms with Crippen LogP contribution in [-0.2, 0) is 5.54 Å². The second-order valence-electron chi connectivity index (χ2n) is 6.33. The minimum atomic E-state index is -0.375. The Morgan fingerprint density at radius 1 is 1.00 bits per heavy atom. The van der Waals surface area contributed by atoms with Crippen LogP contribution < -0.4 is 5.32 Å². The fraction of sp³-hybridized carbons (Fsp3) is 0.316. The van der Waals surface area contributed by atoms with Crippen molar-refractivity contribution in [3.63, 3.8) is 0 Å². The predicted octanol–water partition coefficient (Wildman–Crippen LogP) is 4.02. The zero-order valence-electron chi connectivity index (χ0n) is 14.6. The third kappa shape index (κ3) is 2.89. The lowest BCUT2D eigenvalue weighted by atomic mass is 9.96. The van der Waals surface area contributed by atoms with E-state index in [1.807, 2.05) is 22.9 Å². The number of tetrazole rings is 1. The lowest BCUT2D eigenvalue weighted by Gasteiger charge is -2.30. The van der Waals surface area contributed by atoms with Crippen molar-refractivity contribution >= 4 is 5.69 Å². The molecule has 0 saturated carbocycles. The van der Waals surface area contributed by atoms with Gasteiger partial charge in [-0.2, -0.15) is 4.68 Å².